The minimum absolute atomic E-state index is 0.0678. The van der Waals surface area contributed by atoms with Crippen LogP contribution in [-0.2, 0) is 4.79 Å². The average molecular weight is 539 g/mol. The van der Waals surface area contributed by atoms with Gasteiger partial charge in [-0.3, -0.25) is 14.9 Å². The van der Waals surface area contributed by atoms with E-state index in [0.717, 1.165) is 22.2 Å². The van der Waals surface area contributed by atoms with Gasteiger partial charge < -0.3 is 10.4 Å². The number of carboxylic acids is 1. The van der Waals surface area contributed by atoms with Crippen LogP contribution in [0.4, 0.5) is 10.8 Å². The number of carbonyl (C=O) groups excluding carboxylic acids is 2. The minimum atomic E-state index is -1.10. The van der Waals surface area contributed by atoms with Crippen LogP contribution in [0.2, 0.25) is 0 Å². The van der Waals surface area contributed by atoms with E-state index in [-0.39, 0.29) is 17.0 Å². The molecule has 1 aromatic heterocycles. The van der Waals surface area contributed by atoms with Crippen LogP contribution in [0.1, 0.15) is 34.6 Å². The standard InChI is InChI=1S/C25H22N4O4S3/c1-3-34-25-28-24(36-29-25)27-21(30)14(2)35-17-10-6-9-16(13-17)26-22(31)18-11-4-7-15-8-5-12-19(20(15)18)23(32)33/h4-14H,3H2,1-2H3,(H,26,31)(H,32,33)(H,27,28,29,30). The van der Waals surface area contributed by atoms with Gasteiger partial charge in [-0.05, 0) is 48.4 Å². The highest BCUT2D eigenvalue weighted by atomic mass is 32.2. The van der Waals surface area contributed by atoms with Gasteiger partial charge in [-0.2, -0.15) is 9.36 Å². The van der Waals surface area contributed by atoms with E-state index >= 15 is 0 Å². The molecular weight excluding hydrogens is 517 g/mol. The number of hydrogen-bond acceptors (Lipinski definition) is 8. The molecule has 1 atom stereocenters. The number of fused-ring (bicyclic) bond motifs is 1. The number of aromatic nitrogens is 2. The Labute approximate surface area is 220 Å². The summed E-state index contributed by atoms with van der Waals surface area (Å²) in [6.45, 7) is 3.80. The first kappa shape index (κ1) is 25.7. The number of carboxylic acid groups (broad SMARTS) is 1. The molecule has 0 bridgehead atoms. The van der Waals surface area contributed by atoms with Crippen molar-refractivity contribution >= 4 is 74.4 Å². The zero-order chi connectivity index (χ0) is 25.7. The summed E-state index contributed by atoms with van der Waals surface area (Å²) in [6, 6.07) is 17.2. The molecule has 184 valence electrons. The fraction of sp³-hybridized carbons (Fsp3) is 0.160. The maximum absolute atomic E-state index is 13.1. The Morgan fingerprint density at radius 1 is 1.03 bits per heavy atom. The number of amides is 2. The Kier molecular flexibility index (Phi) is 8.24. The zero-order valence-electron chi connectivity index (χ0n) is 19.3. The van der Waals surface area contributed by atoms with E-state index in [4.69, 9.17) is 0 Å². The SMILES string of the molecule is CCSc1nsc(NC(=O)C(C)Sc2cccc(NC(=O)c3cccc4cccc(C(=O)O)c34)c2)n1. The van der Waals surface area contributed by atoms with Gasteiger partial charge in [0.25, 0.3) is 5.91 Å². The summed E-state index contributed by atoms with van der Waals surface area (Å²) < 4.78 is 4.20. The highest BCUT2D eigenvalue weighted by Crippen LogP contribution is 2.29. The molecule has 1 unspecified atom stereocenters. The number of nitrogens with zero attached hydrogens (tertiary/aromatic N) is 2. The van der Waals surface area contributed by atoms with Crippen LogP contribution < -0.4 is 10.6 Å². The van der Waals surface area contributed by atoms with Crippen molar-refractivity contribution in [1.29, 1.82) is 0 Å². The summed E-state index contributed by atoms with van der Waals surface area (Å²) in [5.74, 6) is -0.861. The van der Waals surface area contributed by atoms with E-state index in [1.54, 1.807) is 55.5 Å². The molecule has 0 aliphatic carbocycles. The third-order valence-electron chi connectivity index (χ3n) is 5.06. The second-order valence-corrected chi connectivity index (χ2v) is 11.0. The van der Waals surface area contributed by atoms with Gasteiger partial charge in [-0.25, -0.2) is 4.79 Å². The predicted octanol–water partition coefficient (Wildman–Crippen LogP) is 5.87. The fourth-order valence-electron chi connectivity index (χ4n) is 3.47. The molecule has 8 nitrogen and oxygen atoms in total. The van der Waals surface area contributed by atoms with Crippen molar-refractivity contribution in [3.63, 3.8) is 0 Å². The first-order chi connectivity index (χ1) is 17.4. The van der Waals surface area contributed by atoms with Crippen LogP contribution in [0.5, 0.6) is 0 Å². The number of nitrogens with one attached hydrogen (secondary N) is 2. The van der Waals surface area contributed by atoms with E-state index in [9.17, 15) is 19.5 Å². The summed E-state index contributed by atoms with van der Waals surface area (Å²) in [4.78, 5) is 42.5. The number of carbonyl (C=O) groups is 3. The summed E-state index contributed by atoms with van der Waals surface area (Å²) in [5, 5.41) is 17.0. The predicted molar refractivity (Wildman–Crippen MR) is 146 cm³/mol. The second kappa shape index (κ2) is 11.5. The van der Waals surface area contributed by atoms with E-state index in [1.807, 2.05) is 13.0 Å². The zero-order valence-corrected chi connectivity index (χ0v) is 21.8. The topological polar surface area (TPSA) is 121 Å². The van der Waals surface area contributed by atoms with E-state index in [1.165, 1.54) is 29.6 Å². The molecule has 0 saturated carbocycles. The molecule has 0 radical (unpaired) electrons. The molecule has 3 N–H and O–H groups in total. The maximum Gasteiger partial charge on any atom is 0.336 e. The lowest BCUT2D eigenvalue weighted by molar-refractivity contribution is -0.115. The first-order valence-corrected chi connectivity index (χ1v) is 13.6. The van der Waals surface area contributed by atoms with Gasteiger partial charge in [0.1, 0.15) is 0 Å². The van der Waals surface area contributed by atoms with E-state index in [0.29, 0.717) is 26.7 Å². The van der Waals surface area contributed by atoms with Crippen molar-refractivity contribution in [3.8, 4) is 0 Å². The van der Waals surface area contributed by atoms with Crippen LogP contribution in [0.25, 0.3) is 10.8 Å². The Bertz CT molecular complexity index is 1430. The molecule has 1 heterocycles. The largest absolute Gasteiger partial charge is 0.478 e. The smallest absolute Gasteiger partial charge is 0.336 e. The van der Waals surface area contributed by atoms with Crippen LogP contribution in [-0.4, -0.2) is 43.3 Å². The van der Waals surface area contributed by atoms with Gasteiger partial charge in [0, 0.05) is 33.1 Å². The van der Waals surface area contributed by atoms with Crippen molar-refractivity contribution < 1.29 is 19.5 Å². The van der Waals surface area contributed by atoms with Gasteiger partial charge in [0.2, 0.25) is 16.2 Å². The summed E-state index contributed by atoms with van der Waals surface area (Å²) in [6.07, 6.45) is 0. The Balaban J connectivity index is 1.46. The highest BCUT2D eigenvalue weighted by molar-refractivity contribution is 8.00. The van der Waals surface area contributed by atoms with E-state index in [2.05, 4.69) is 20.0 Å². The lowest BCUT2D eigenvalue weighted by Gasteiger charge is -2.13. The Hall–Kier alpha value is -3.41. The van der Waals surface area contributed by atoms with Crippen LogP contribution in [0, 0.1) is 0 Å². The van der Waals surface area contributed by atoms with Gasteiger partial charge in [-0.15, -0.1) is 11.8 Å². The summed E-state index contributed by atoms with van der Waals surface area (Å²) >= 11 is 4.00. The van der Waals surface area contributed by atoms with Crippen molar-refractivity contribution in [2.75, 3.05) is 16.4 Å². The molecule has 11 heteroatoms. The molecular formula is C25H22N4O4S3. The van der Waals surface area contributed by atoms with E-state index < -0.39 is 17.1 Å². The molecule has 0 fully saturated rings. The molecule has 4 rings (SSSR count). The van der Waals surface area contributed by atoms with Gasteiger partial charge >= 0.3 is 5.97 Å². The quantitative estimate of drug-likeness (QED) is 0.226. The number of aromatic carboxylic acids is 1. The number of benzene rings is 3. The highest BCUT2D eigenvalue weighted by Gasteiger charge is 2.19. The summed E-state index contributed by atoms with van der Waals surface area (Å²) in [5.41, 5.74) is 0.875. The number of rotatable bonds is 9. The maximum atomic E-state index is 13.1. The molecule has 0 aliphatic rings. The monoisotopic (exact) mass is 538 g/mol. The third kappa shape index (κ3) is 6.04. The summed E-state index contributed by atoms with van der Waals surface area (Å²) in [7, 11) is 0. The van der Waals surface area contributed by atoms with Crippen LogP contribution in [0.3, 0.4) is 0 Å². The third-order valence-corrected chi connectivity index (χ3v) is 7.63. The van der Waals surface area contributed by atoms with Crippen molar-refractivity contribution in [2.24, 2.45) is 0 Å². The molecule has 36 heavy (non-hydrogen) atoms. The Morgan fingerprint density at radius 2 is 1.75 bits per heavy atom. The molecule has 4 aromatic rings. The fourth-order valence-corrected chi connectivity index (χ4v) is 5.67. The van der Waals surface area contributed by atoms with Crippen LogP contribution >= 0.6 is 35.1 Å². The van der Waals surface area contributed by atoms with Crippen LogP contribution in [0.15, 0.2) is 70.7 Å². The van der Waals surface area contributed by atoms with Crippen molar-refractivity contribution in [3.05, 3.63) is 71.8 Å². The van der Waals surface area contributed by atoms with Gasteiger partial charge in [-0.1, -0.05) is 49.0 Å². The van der Waals surface area contributed by atoms with Gasteiger partial charge in [0.15, 0.2) is 0 Å². The second-order valence-electron chi connectivity index (χ2n) is 7.56. The minimum Gasteiger partial charge on any atom is -0.478 e. The molecule has 0 spiro atoms. The Morgan fingerprint density at radius 3 is 2.47 bits per heavy atom. The average Bonchev–Trinajstić information content (AvgIpc) is 3.30. The number of hydrogen-bond donors (Lipinski definition) is 3. The molecule has 2 amide bonds. The molecule has 0 aliphatic heterocycles. The van der Waals surface area contributed by atoms with Crippen molar-refractivity contribution in [2.45, 2.75) is 29.1 Å². The number of thioether (sulfide) groups is 2. The normalized spacial score (nSPS) is 11.7. The van der Waals surface area contributed by atoms with Gasteiger partial charge in [0.05, 0.1) is 10.8 Å². The van der Waals surface area contributed by atoms with Crippen molar-refractivity contribution in [1.82, 2.24) is 9.36 Å². The lowest BCUT2D eigenvalue weighted by atomic mass is 9.98. The first-order valence-electron chi connectivity index (χ1n) is 11.0. The lowest BCUT2D eigenvalue weighted by Crippen LogP contribution is -2.22. The molecule has 3 aromatic carbocycles. The number of anilines is 2. The molecule has 0 saturated heterocycles.